The Balaban J connectivity index is 1.38. The molecule has 1 unspecified atom stereocenters. The van der Waals surface area contributed by atoms with Crippen molar-refractivity contribution in [2.75, 3.05) is 18.4 Å². The molecule has 1 spiro atoms. The van der Waals surface area contributed by atoms with E-state index in [-0.39, 0.29) is 43.0 Å². The third kappa shape index (κ3) is 4.12. The fourth-order valence-corrected chi connectivity index (χ4v) is 3.90. The van der Waals surface area contributed by atoms with Crippen LogP contribution in [0.1, 0.15) is 35.2 Å². The Kier molecular flexibility index (Phi) is 5.39. The summed E-state index contributed by atoms with van der Waals surface area (Å²) in [4.78, 5) is 38.9. The second kappa shape index (κ2) is 8.14. The summed E-state index contributed by atoms with van der Waals surface area (Å²) < 4.78 is 13.7. The first-order valence-corrected chi connectivity index (χ1v) is 9.93. The average molecular weight is 410 g/mol. The van der Waals surface area contributed by atoms with Gasteiger partial charge < -0.3 is 20.9 Å². The SMILES string of the molecule is O=C(CN1CCC2(CCC1=O)NC(=O)c1ccccc1N2)NCc1ccccc1F. The number of anilines is 1. The third-order valence-corrected chi connectivity index (χ3v) is 5.59. The highest BCUT2D eigenvalue weighted by atomic mass is 19.1. The van der Waals surface area contributed by atoms with E-state index < -0.39 is 5.66 Å². The highest BCUT2D eigenvalue weighted by molar-refractivity contribution is 6.02. The Morgan fingerprint density at radius 3 is 2.67 bits per heavy atom. The molecule has 2 aliphatic rings. The Morgan fingerprint density at radius 2 is 1.83 bits per heavy atom. The maximum atomic E-state index is 13.7. The summed E-state index contributed by atoms with van der Waals surface area (Å²) in [5.41, 5.74) is 0.979. The van der Waals surface area contributed by atoms with Crippen LogP contribution in [-0.4, -0.2) is 41.4 Å². The van der Waals surface area contributed by atoms with Crippen LogP contribution in [0.3, 0.4) is 0 Å². The quantitative estimate of drug-likeness (QED) is 0.719. The van der Waals surface area contributed by atoms with E-state index in [2.05, 4.69) is 16.0 Å². The minimum absolute atomic E-state index is 0.0614. The number of benzene rings is 2. The van der Waals surface area contributed by atoms with Crippen molar-refractivity contribution in [3.8, 4) is 0 Å². The zero-order valence-corrected chi connectivity index (χ0v) is 16.4. The molecule has 0 bridgehead atoms. The second-order valence-corrected chi connectivity index (χ2v) is 7.64. The number of amides is 3. The summed E-state index contributed by atoms with van der Waals surface area (Å²) in [6.07, 6.45) is 1.11. The van der Waals surface area contributed by atoms with Gasteiger partial charge in [0.05, 0.1) is 12.1 Å². The summed E-state index contributed by atoms with van der Waals surface area (Å²) >= 11 is 0. The lowest BCUT2D eigenvalue weighted by molar-refractivity contribution is -0.135. The Morgan fingerprint density at radius 1 is 1.07 bits per heavy atom. The minimum Gasteiger partial charge on any atom is -0.362 e. The van der Waals surface area contributed by atoms with Crippen molar-refractivity contribution in [1.82, 2.24) is 15.5 Å². The molecule has 2 heterocycles. The van der Waals surface area contributed by atoms with Gasteiger partial charge in [-0.15, -0.1) is 0 Å². The summed E-state index contributed by atoms with van der Waals surface area (Å²) in [5, 5.41) is 9.04. The van der Waals surface area contributed by atoms with E-state index in [0.717, 1.165) is 5.69 Å². The first-order chi connectivity index (χ1) is 14.5. The Hall–Kier alpha value is -3.42. The van der Waals surface area contributed by atoms with Crippen molar-refractivity contribution in [3.05, 3.63) is 65.5 Å². The van der Waals surface area contributed by atoms with Gasteiger partial charge in [-0.25, -0.2) is 4.39 Å². The van der Waals surface area contributed by atoms with Gasteiger partial charge >= 0.3 is 0 Å². The first kappa shape index (κ1) is 19.9. The molecular formula is C22H23FN4O3. The third-order valence-electron chi connectivity index (χ3n) is 5.59. The average Bonchev–Trinajstić information content (AvgIpc) is 2.87. The number of rotatable bonds is 4. The second-order valence-electron chi connectivity index (χ2n) is 7.64. The summed E-state index contributed by atoms with van der Waals surface area (Å²) in [6.45, 7) is 0.279. The van der Waals surface area contributed by atoms with Gasteiger partial charge in [0.15, 0.2) is 0 Å². The van der Waals surface area contributed by atoms with Crippen LogP contribution in [0.4, 0.5) is 10.1 Å². The molecule has 156 valence electrons. The molecule has 8 heteroatoms. The molecule has 2 aromatic rings. The van der Waals surface area contributed by atoms with Crippen molar-refractivity contribution in [2.45, 2.75) is 31.5 Å². The number of nitrogens with one attached hydrogen (secondary N) is 3. The van der Waals surface area contributed by atoms with E-state index in [1.54, 1.807) is 30.3 Å². The first-order valence-electron chi connectivity index (χ1n) is 9.93. The number of fused-ring (bicyclic) bond motifs is 1. The largest absolute Gasteiger partial charge is 0.362 e. The maximum absolute atomic E-state index is 13.7. The van der Waals surface area contributed by atoms with Crippen molar-refractivity contribution >= 4 is 23.4 Å². The zero-order valence-electron chi connectivity index (χ0n) is 16.4. The lowest BCUT2D eigenvalue weighted by atomic mass is 9.95. The molecule has 2 aromatic carbocycles. The van der Waals surface area contributed by atoms with E-state index in [0.29, 0.717) is 30.5 Å². The van der Waals surface area contributed by atoms with Crippen LogP contribution in [0.15, 0.2) is 48.5 Å². The molecule has 0 aromatic heterocycles. The van der Waals surface area contributed by atoms with E-state index in [4.69, 9.17) is 0 Å². The van der Waals surface area contributed by atoms with Crippen LogP contribution >= 0.6 is 0 Å². The van der Waals surface area contributed by atoms with Crippen LogP contribution in [0.5, 0.6) is 0 Å². The van der Waals surface area contributed by atoms with Gasteiger partial charge in [0.2, 0.25) is 11.8 Å². The van der Waals surface area contributed by atoms with Gasteiger partial charge in [-0.2, -0.15) is 0 Å². The molecule has 0 radical (unpaired) electrons. The van der Waals surface area contributed by atoms with Gasteiger partial charge in [0.1, 0.15) is 11.5 Å². The molecule has 3 amide bonds. The summed E-state index contributed by atoms with van der Waals surface area (Å²) in [5.74, 6) is -1.06. The fourth-order valence-electron chi connectivity index (χ4n) is 3.90. The van der Waals surface area contributed by atoms with Crippen LogP contribution < -0.4 is 16.0 Å². The van der Waals surface area contributed by atoms with E-state index >= 15 is 0 Å². The maximum Gasteiger partial charge on any atom is 0.255 e. The predicted molar refractivity (Wildman–Crippen MR) is 109 cm³/mol. The fraction of sp³-hybridized carbons (Fsp3) is 0.318. The molecular weight excluding hydrogens is 387 g/mol. The molecule has 1 fully saturated rings. The van der Waals surface area contributed by atoms with Gasteiger partial charge in [0.25, 0.3) is 5.91 Å². The van der Waals surface area contributed by atoms with E-state index in [1.165, 1.54) is 11.0 Å². The molecule has 30 heavy (non-hydrogen) atoms. The number of carbonyl (C=O) groups is 3. The Bertz CT molecular complexity index is 996. The van der Waals surface area contributed by atoms with E-state index in [1.807, 2.05) is 12.1 Å². The molecule has 0 saturated carbocycles. The Labute approximate surface area is 173 Å². The monoisotopic (exact) mass is 410 g/mol. The zero-order chi connectivity index (χ0) is 21.1. The predicted octanol–water partition coefficient (Wildman–Crippen LogP) is 2.01. The molecule has 3 N–H and O–H groups in total. The number of nitrogens with zero attached hydrogens (tertiary/aromatic N) is 1. The standard InChI is InChI=1S/C22H23FN4O3/c23-17-7-3-1-5-15(17)13-24-19(28)14-27-12-11-22(10-9-20(27)29)25-18-8-4-2-6-16(18)21(30)26-22/h1-8,25H,9-14H2,(H,24,28)(H,26,30). The van der Waals surface area contributed by atoms with Crippen LogP contribution in [-0.2, 0) is 16.1 Å². The van der Waals surface area contributed by atoms with Crippen molar-refractivity contribution in [2.24, 2.45) is 0 Å². The number of para-hydroxylation sites is 1. The number of hydrogen-bond donors (Lipinski definition) is 3. The van der Waals surface area contributed by atoms with Gasteiger partial charge in [-0.3, -0.25) is 14.4 Å². The number of likely N-dealkylation sites (tertiary alicyclic amines) is 1. The van der Waals surface area contributed by atoms with Gasteiger partial charge in [0, 0.05) is 37.2 Å². The van der Waals surface area contributed by atoms with Crippen LogP contribution in [0.25, 0.3) is 0 Å². The normalized spacial score (nSPS) is 20.8. The highest BCUT2D eigenvalue weighted by Gasteiger charge is 2.40. The topological polar surface area (TPSA) is 90.5 Å². The van der Waals surface area contributed by atoms with Crippen molar-refractivity contribution in [3.63, 3.8) is 0 Å². The van der Waals surface area contributed by atoms with Crippen LogP contribution in [0.2, 0.25) is 0 Å². The summed E-state index contributed by atoms with van der Waals surface area (Å²) in [6, 6.07) is 13.5. The number of halogens is 1. The van der Waals surface area contributed by atoms with Gasteiger partial charge in [-0.05, 0) is 24.6 Å². The number of carbonyl (C=O) groups excluding carboxylic acids is 3. The lowest BCUT2D eigenvalue weighted by Gasteiger charge is -2.39. The van der Waals surface area contributed by atoms with E-state index in [9.17, 15) is 18.8 Å². The lowest BCUT2D eigenvalue weighted by Crippen LogP contribution is -2.58. The molecule has 2 aliphatic heterocycles. The molecule has 1 atom stereocenters. The molecule has 7 nitrogen and oxygen atoms in total. The number of hydrogen-bond acceptors (Lipinski definition) is 4. The smallest absolute Gasteiger partial charge is 0.255 e. The van der Waals surface area contributed by atoms with Gasteiger partial charge in [-0.1, -0.05) is 30.3 Å². The molecule has 0 aliphatic carbocycles. The van der Waals surface area contributed by atoms with Crippen molar-refractivity contribution in [1.29, 1.82) is 0 Å². The molecule has 1 saturated heterocycles. The van der Waals surface area contributed by atoms with Crippen molar-refractivity contribution < 1.29 is 18.8 Å². The summed E-state index contributed by atoms with van der Waals surface area (Å²) in [7, 11) is 0. The molecule has 4 rings (SSSR count). The van der Waals surface area contributed by atoms with Crippen LogP contribution in [0, 0.1) is 5.82 Å². The minimum atomic E-state index is -0.723. The highest BCUT2D eigenvalue weighted by Crippen LogP contribution is 2.31.